The van der Waals surface area contributed by atoms with Gasteiger partial charge in [-0.05, 0) is 32.4 Å². The Morgan fingerprint density at radius 2 is 2.18 bits per heavy atom. The van der Waals surface area contributed by atoms with Crippen LogP contribution in [0.25, 0.3) is 0 Å². The number of methoxy groups -OCH3 is 1. The second-order valence-electron chi connectivity index (χ2n) is 3.99. The third-order valence-electron chi connectivity index (χ3n) is 2.46. The summed E-state index contributed by atoms with van der Waals surface area (Å²) in [5.74, 6) is 0. The van der Waals surface area contributed by atoms with Crippen molar-refractivity contribution < 1.29 is 4.74 Å². The molecule has 5 nitrogen and oxygen atoms in total. The molecule has 0 fully saturated rings. The van der Waals surface area contributed by atoms with E-state index in [0.717, 1.165) is 38.2 Å². The fraction of sp³-hybridized carbons (Fsp3) is 0.667. The van der Waals surface area contributed by atoms with E-state index in [2.05, 4.69) is 10.4 Å². The summed E-state index contributed by atoms with van der Waals surface area (Å²) in [6.07, 6.45) is 1.99. The molecule has 1 N–H and O–H groups in total. The number of hydrogen-bond acceptors (Lipinski definition) is 4. The summed E-state index contributed by atoms with van der Waals surface area (Å²) >= 11 is 0. The summed E-state index contributed by atoms with van der Waals surface area (Å²) < 4.78 is 6.46. The summed E-state index contributed by atoms with van der Waals surface area (Å²) in [4.78, 5) is 11.4. The lowest BCUT2D eigenvalue weighted by atomic mass is 10.3. The molecule has 0 atom stereocenters. The number of aromatic nitrogens is 2. The van der Waals surface area contributed by atoms with E-state index in [9.17, 15) is 4.79 Å². The van der Waals surface area contributed by atoms with Gasteiger partial charge < -0.3 is 10.1 Å². The monoisotopic (exact) mass is 239 g/mol. The van der Waals surface area contributed by atoms with Crippen LogP contribution in [0.1, 0.15) is 18.5 Å². The van der Waals surface area contributed by atoms with Gasteiger partial charge >= 0.3 is 0 Å². The predicted molar refractivity (Wildman–Crippen MR) is 67.2 cm³/mol. The topological polar surface area (TPSA) is 56.1 Å². The maximum atomic E-state index is 11.4. The lowest BCUT2D eigenvalue weighted by molar-refractivity contribution is 0.199. The van der Waals surface area contributed by atoms with Crippen molar-refractivity contribution in [3.8, 4) is 0 Å². The highest BCUT2D eigenvalue weighted by molar-refractivity contribution is 4.96. The van der Waals surface area contributed by atoms with Crippen molar-refractivity contribution in [2.24, 2.45) is 0 Å². The molecule has 0 unspecified atom stereocenters. The van der Waals surface area contributed by atoms with Crippen LogP contribution in [-0.2, 0) is 11.3 Å². The molecule has 96 valence electrons. The van der Waals surface area contributed by atoms with Crippen LogP contribution in [0, 0.1) is 6.92 Å². The van der Waals surface area contributed by atoms with Crippen molar-refractivity contribution >= 4 is 0 Å². The van der Waals surface area contributed by atoms with Crippen molar-refractivity contribution in [2.45, 2.75) is 26.3 Å². The van der Waals surface area contributed by atoms with E-state index in [4.69, 9.17) is 4.74 Å². The van der Waals surface area contributed by atoms with Crippen LogP contribution < -0.4 is 10.9 Å². The molecule has 1 aromatic heterocycles. The highest BCUT2D eigenvalue weighted by atomic mass is 16.5. The van der Waals surface area contributed by atoms with Crippen molar-refractivity contribution in [1.29, 1.82) is 0 Å². The summed E-state index contributed by atoms with van der Waals surface area (Å²) in [7, 11) is 1.69. The first-order chi connectivity index (χ1) is 8.24. The van der Waals surface area contributed by atoms with Crippen LogP contribution in [0.15, 0.2) is 16.9 Å². The molecule has 1 heterocycles. The lowest BCUT2D eigenvalue weighted by Gasteiger charge is -2.06. The Morgan fingerprint density at radius 3 is 2.94 bits per heavy atom. The Labute approximate surface area is 102 Å². The van der Waals surface area contributed by atoms with Crippen LogP contribution in [0.4, 0.5) is 0 Å². The molecule has 5 heteroatoms. The van der Waals surface area contributed by atoms with Gasteiger partial charge in [0.1, 0.15) is 0 Å². The normalized spacial score (nSPS) is 10.7. The van der Waals surface area contributed by atoms with Gasteiger partial charge in [-0.15, -0.1) is 0 Å². The van der Waals surface area contributed by atoms with Gasteiger partial charge in [-0.25, -0.2) is 4.68 Å². The van der Waals surface area contributed by atoms with Gasteiger partial charge in [0.15, 0.2) is 0 Å². The molecular weight excluding hydrogens is 218 g/mol. The number of aryl methyl sites for hydroxylation is 2. The zero-order valence-corrected chi connectivity index (χ0v) is 10.6. The van der Waals surface area contributed by atoms with Gasteiger partial charge in [0.05, 0.1) is 12.3 Å². The quantitative estimate of drug-likeness (QED) is 0.674. The maximum absolute atomic E-state index is 11.4. The summed E-state index contributed by atoms with van der Waals surface area (Å²) in [6.45, 7) is 5.14. The highest BCUT2D eigenvalue weighted by Crippen LogP contribution is 1.92. The number of ether oxygens (including phenoxy) is 1. The lowest BCUT2D eigenvalue weighted by Crippen LogP contribution is -2.24. The van der Waals surface area contributed by atoms with E-state index >= 15 is 0 Å². The average Bonchev–Trinajstić information content (AvgIpc) is 2.32. The summed E-state index contributed by atoms with van der Waals surface area (Å²) in [6, 6.07) is 3.31. The van der Waals surface area contributed by atoms with Gasteiger partial charge in [-0.3, -0.25) is 4.79 Å². The summed E-state index contributed by atoms with van der Waals surface area (Å²) in [5, 5.41) is 7.45. The molecule has 0 saturated heterocycles. The van der Waals surface area contributed by atoms with E-state index in [0.29, 0.717) is 6.54 Å². The minimum atomic E-state index is -0.0251. The van der Waals surface area contributed by atoms with Gasteiger partial charge in [0, 0.05) is 26.3 Å². The van der Waals surface area contributed by atoms with E-state index in [-0.39, 0.29) is 5.56 Å². The number of rotatable bonds is 8. The molecule has 0 aliphatic carbocycles. The molecule has 0 aromatic carbocycles. The third-order valence-corrected chi connectivity index (χ3v) is 2.46. The largest absolute Gasteiger partial charge is 0.383 e. The fourth-order valence-corrected chi connectivity index (χ4v) is 1.52. The summed E-state index contributed by atoms with van der Waals surface area (Å²) in [5.41, 5.74) is 0.853. The molecule has 0 aliphatic rings. The zero-order chi connectivity index (χ0) is 12.5. The van der Waals surface area contributed by atoms with Crippen LogP contribution in [-0.4, -0.2) is 36.6 Å². The Bertz CT molecular complexity index is 376. The SMILES string of the molecule is COCCNCCCCn1nc(C)ccc1=O. The fourth-order valence-electron chi connectivity index (χ4n) is 1.52. The second-order valence-corrected chi connectivity index (χ2v) is 3.99. The van der Waals surface area contributed by atoms with E-state index < -0.39 is 0 Å². The van der Waals surface area contributed by atoms with Crippen molar-refractivity contribution in [1.82, 2.24) is 15.1 Å². The molecule has 0 radical (unpaired) electrons. The molecule has 0 amide bonds. The van der Waals surface area contributed by atoms with Crippen molar-refractivity contribution in [3.05, 3.63) is 28.2 Å². The molecular formula is C12H21N3O2. The molecule has 1 aromatic rings. The van der Waals surface area contributed by atoms with Crippen molar-refractivity contribution in [2.75, 3.05) is 26.8 Å². The predicted octanol–water partition coefficient (Wildman–Crippen LogP) is 0.568. The average molecular weight is 239 g/mol. The first-order valence-electron chi connectivity index (χ1n) is 5.98. The molecule has 0 saturated carbocycles. The van der Waals surface area contributed by atoms with Crippen LogP contribution in [0.3, 0.4) is 0 Å². The Kier molecular flexibility index (Phi) is 6.50. The number of nitrogens with one attached hydrogen (secondary N) is 1. The Balaban J connectivity index is 2.18. The minimum absolute atomic E-state index is 0.0251. The molecule has 0 spiro atoms. The van der Waals surface area contributed by atoms with Crippen LogP contribution in [0.2, 0.25) is 0 Å². The second kappa shape index (κ2) is 7.97. The van der Waals surface area contributed by atoms with Crippen LogP contribution in [0.5, 0.6) is 0 Å². The smallest absolute Gasteiger partial charge is 0.266 e. The first kappa shape index (κ1) is 13.9. The van der Waals surface area contributed by atoms with Gasteiger partial charge in [0.2, 0.25) is 0 Å². The third kappa shape index (κ3) is 5.60. The number of hydrogen-bond donors (Lipinski definition) is 1. The van der Waals surface area contributed by atoms with Gasteiger partial charge in [-0.1, -0.05) is 0 Å². The van der Waals surface area contributed by atoms with Crippen molar-refractivity contribution in [3.63, 3.8) is 0 Å². The molecule has 17 heavy (non-hydrogen) atoms. The molecule has 1 rings (SSSR count). The van der Waals surface area contributed by atoms with E-state index in [1.54, 1.807) is 19.2 Å². The van der Waals surface area contributed by atoms with Gasteiger partial charge in [0.25, 0.3) is 5.56 Å². The Morgan fingerprint density at radius 1 is 1.35 bits per heavy atom. The van der Waals surface area contributed by atoms with E-state index in [1.807, 2.05) is 6.92 Å². The highest BCUT2D eigenvalue weighted by Gasteiger charge is 1.97. The number of nitrogens with zero attached hydrogens (tertiary/aromatic N) is 2. The first-order valence-corrected chi connectivity index (χ1v) is 5.98. The molecule has 0 bridgehead atoms. The standard InChI is InChI=1S/C12H21N3O2/c1-11-5-6-12(16)15(14-11)9-4-3-7-13-8-10-17-2/h5-6,13H,3-4,7-10H2,1-2H3. The number of unbranched alkanes of at least 4 members (excludes halogenated alkanes) is 1. The zero-order valence-electron chi connectivity index (χ0n) is 10.6. The Hall–Kier alpha value is -1.20. The van der Waals surface area contributed by atoms with E-state index in [1.165, 1.54) is 4.68 Å². The minimum Gasteiger partial charge on any atom is -0.383 e. The molecule has 0 aliphatic heterocycles. The van der Waals surface area contributed by atoms with Crippen LogP contribution >= 0.6 is 0 Å². The maximum Gasteiger partial charge on any atom is 0.266 e. The van der Waals surface area contributed by atoms with Gasteiger partial charge in [-0.2, -0.15) is 5.10 Å².